The predicted molar refractivity (Wildman–Crippen MR) is 82.3 cm³/mol. The lowest BCUT2D eigenvalue weighted by atomic mass is 10.2. The van der Waals surface area contributed by atoms with Crippen LogP contribution in [0.25, 0.3) is 0 Å². The van der Waals surface area contributed by atoms with E-state index in [9.17, 15) is 9.59 Å². The van der Waals surface area contributed by atoms with E-state index in [1.165, 1.54) is 51.7 Å². The molecule has 0 aliphatic carbocycles. The van der Waals surface area contributed by atoms with Crippen LogP contribution in [0.15, 0.2) is 42.5 Å². The van der Waals surface area contributed by atoms with E-state index in [0.717, 1.165) is 0 Å². The number of carbonyl (C=O) groups is 2. The van der Waals surface area contributed by atoms with Gasteiger partial charge in [-0.05, 0) is 42.5 Å². The molecule has 2 rings (SSSR count). The fourth-order valence-electron chi connectivity index (χ4n) is 1.91. The van der Waals surface area contributed by atoms with Crippen LogP contribution in [0, 0.1) is 0 Å². The van der Waals surface area contributed by atoms with Crippen LogP contribution in [-0.4, -0.2) is 33.3 Å². The maximum atomic E-state index is 12.3. The zero-order chi connectivity index (χ0) is 16.8. The highest BCUT2D eigenvalue weighted by atomic mass is 16.5. The summed E-state index contributed by atoms with van der Waals surface area (Å²) in [6.07, 6.45) is 0. The number of methoxy groups -OCH3 is 3. The Morgan fingerprint density at radius 2 is 1.43 bits per heavy atom. The Bertz CT molecular complexity index is 706. The molecule has 0 aromatic heterocycles. The topological polar surface area (TPSA) is 71.1 Å². The average molecular weight is 316 g/mol. The Kier molecular flexibility index (Phi) is 5.19. The number of rotatable bonds is 5. The second-order valence-electron chi connectivity index (χ2n) is 4.47. The zero-order valence-corrected chi connectivity index (χ0v) is 13.0. The van der Waals surface area contributed by atoms with Crippen LogP contribution in [-0.2, 0) is 4.74 Å². The molecule has 0 radical (unpaired) electrons. The second-order valence-corrected chi connectivity index (χ2v) is 4.47. The summed E-state index contributed by atoms with van der Waals surface area (Å²) in [6, 6.07) is 10.9. The van der Waals surface area contributed by atoms with Gasteiger partial charge in [-0.15, -0.1) is 0 Å². The van der Waals surface area contributed by atoms with Crippen LogP contribution in [0.3, 0.4) is 0 Å². The summed E-state index contributed by atoms with van der Waals surface area (Å²) in [7, 11) is 4.26. The molecule has 0 heterocycles. The van der Waals surface area contributed by atoms with Crippen molar-refractivity contribution < 1.29 is 28.5 Å². The van der Waals surface area contributed by atoms with Gasteiger partial charge in [0.2, 0.25) is 0 Å². The van der Waals surface area contributed by atoms with Gasteiger partial charge in [0.05, 0.1) is 26.9 Å². The lowest BCUT2D eigenvalue weighted by Crippen LogP contribution is -2.10. The highest BCUT2D eigenvalue weighted by Gasteiger charge is 2.16. The average Bonchev–Trinajstić information content (AvgIpc) is 2.61. The molecule has 0 amide bonds. The molecule has 0 aliphatic heterocycles. The molecule has 120 valence electrons. The van der Waals surface area contributed by atoms with Gasteiger partial charge < -0.3 is 18.9 Å². The molecule has 2 aromatic carbocycles. The van der Waals surface area contributed by atoms with Crippen molar-refractivity contribution in [1.29, 1.82) is 0 Å². The van der Waals surface area contributed by atoms with Crippen molar-refractivity contribution in [1.82, 2.24) is 0 Å². The van der Waals surface area contributed by atoms with Crippen LogP contribution in [0.5, 0.6) is 17.2 Å². The Balaban J connectivity index is 2.20. The number of esters is 2. The number of hydrogen-bond acceptors (Lipinski definition) is 6. The minimum atomic E-state index is -0.591. The first-order chi connectivity index (χ1) is 11.1. The first kappa shape index (κ1) is 16.4. The minimum absolute atomic E-state index is 0.240. The van der Waals surface area contributed by atoms with Crippen molar-refractivity contribution in [3.63, 3.8) is 0 Å². The van der Waals surface area contributed by atoms with Crippen molar-refractivity contribution in [2.75, 3.05) is 21.3 Å². The van der Waals surface area contributed by atoms with Gasteiger partial charge in [0.15, 0.2) is 0 Å². The van der Waals surface area contributed by atoms with Crippen molar-refractivity contribution in [2.45, 2.75) is 0 Å². The minimum Gasteiger partial charge on any atom is -0.497 e. The van der Waals surface area contributed by atoms with Crippen molar-refractivity contribution in [3.8, 4) is 17.2 Å². The molecule has 0 fully saturated rings. The number of ether oxygens (including phenoxy) is 4. The zero-order valence-electron chi connectivity index (χ0n) is 13.0. The Morgan fingerprint density at radius 3 is 2.00 bits per heavy atom. The fraction of sp³-hybridized carbons (Fsp3) is 0.176. The molecule has 0 spiro atoms. The van der Waals surface area contributed by atoms with Crippen LogP contribution < -0.4 is 14.2 Å². The molecule has 6 nitrogen and oxygen atoms in total. The molecule has 0 saturated carbocycles. The van der Waals surface area contributed by atoms with E-state index in [1.54, 1.807) is 12.1 Å². The molecule has 0 N–H and O–H groups in total. The molecule has 6 heteroatoms. The summed E-state index contributed by atoms with van der Waals surface area (Å²) >= 11 is 0. The molecule has 0 atom stereocenters. The lowest BCUT2D eigenvalue weighted by molar-refractivity contribution is 0.0600. The third-order valence-corrected chi connectivity index (χ3v) is 3.11. The monoisotopic (exact) mass is 316 g/mol. The standard InChI is InChI=1S/C17H16O6/c1-20-13-8-9-15(21-2)14(10-13)17(19)23-12-6-4-11(5-7-12)16(18)22-3/h4-10H,1-3H3. The SMILES string of the molecule is COC(=O)c1ccc(OC(=O)c2cc(OC)ccc2OC)cc1. The van der Waals surface area contributed by atoms with Gasteiger partial charge in [0.1, 0.15) is 22.8 Å². The van der Waals surface area contributed by atoms with E-state index in [1.807, 2.05) is 0 Å². The third kappa shape index (κ3) is 3.79. The number of hydrogen-bond donors (Lipinski definition) is 0. The normalized spacial score (nSPS) is 9.87. The van der Waals surface area contributed by atoms with Crippen molar-refractivity contribution >= 4 is 11.9 Å². The van der Waals surface area contributed by atoms with Crippen LogP contribution in [0.4, 0.5) is 0 Å². The quantitative estimate of drug-likeness (QED) is 0.624. The summed E-state index contributed by atoms with van der Waals surface area (Å²) in [6.45, 7) is 0. The highest BCUT2D eigenvalue weighted by Crippen LogP contribution is 2.25. The van der Waals surface area contributed by atoms with Crippen molar-refractivity contribution in [2.24, 2.45) is 0 Å². The molecule has 0 bridgehead atoms. The van der Waals surface area contributed by atoms with Gasteiger partial charge >= 0.3 is 11.9 Å². The first-order valence-electron chi connectivity index (χ1n) is 6.71. The van der Waals surface area contributed by atoms with Gasteiger partial charge in [0, 0.05) is 0 Å². The van der Waals surface area contributed by atoms with Crippen molar-refractivity contribution in [3.05, 3.63) is 53.6 Å². The van der Waals surface area contributed by atoms with E-state index in [2.05, 4.69) is 4.74 Å². The maximum absolute atomic E-state index is 12.3. The first-order valence-corrected chi connectivity index (χ1v) is 6.71. The molecule has 23 heavy (non-hydrogen) atoms. The van der Waals surface area contributed by atoms with E-state index in [-0.39, 0.29) is 5.56 Å². The van der Waals surface area contributed by atoms with Gasteiger partial charge in [-0.25, -0.2) is 9.59 Å². The maximum Gasteiger partial charge on any atom is 0.347 e. The Labute approximate surface area is 133 Å². The summed E-state index contributed by atoms with van der Waals surface area (Å²) in [5, 5.41) is 0. The number of benzene rings is 2. The lowest BCUT2D eigenvalue weighted by Gasteiger charge is -2.10. The van der Waals surface area contributed by atoms with Crippen LogP contribution >= 0.6 is 0 Å². The molecular weight excluding hydrogens is 300 g/mol. The molecule has 0 aliphatic rings. The molecule has 0 unspecified atom stereocenters. The van der Waals surface area contributed by atoms with E-state index in [4.69, 9.17) is 14.2 Å². The molecule has 2 aromatic rings. The fourth-order valence-corrected chi connectivity index (χ4v) is 1.91. The summed E-state index contributed by atoms with van der Waals surface area (Å²) < 4.78 is 20.1. The summed E-state index contributed by atoms with van der Waals surface area (Å²) in [4.78, 5) is 23.6. The predicted octanol–water partition coefficient (Wildman–Crippen LogP) is 2.71. The smallest absolute Gasteiger partial charge is 0.347 e. The summed E-state index contributed by atoms with van der Waals surface area (Å²) in [5.41, 5.74) is 0.607. The Hall–Kier alpha value is -3.02. The summed E-state index contributed by atoms with van der Waals surface area (Å²) in [5.74, 6) is 0.136. The van der Waals surface area contributed by atoms with Gasteiger partial charge in [-0.3, -0.25) is 0 Å². The van der Waals surface area contributed by atoms with E-state index < -0.39 is 11.9 Å². The second kappa shape index (κ2) is 7.31. The highest BCUT2D eigenvalue weighted by molar-refractivity contribution is 5.94. The Morgan fingerprint density at radius 1 is 0.783 bits per heavy atom. The largest absolute Gasteiger partial charge is 0.497 e. The van der Waals surface area contributed by atoms with Gasteiger partial charge in [0.25, 0.3) is 0 Å². The third-order valence-electron chi connectivity index (χ3n) is 3.11. The molecule has 0 saturated heterocycles. The van der Waals surface area contributed by atoms with Crippen LogP contribution in [0.1, 0.15) is 20.7 Å². The van der Waals surface area contributed by atoms with Crippen LogP contribution in [0.2, 0.25) is 0 Å². The van der Waals surface area contributed by atoms with Gasteiger partial charge in [-0.1, -0.05) is 0 Å². The van der Waals surface area contributed by atoms with Gasteiger partial charge in [-0.2, -0.15) is 0 Å². The van der Waals surface area contributed by atoms with E-state index >= 15 is 0 Å². The number of carbonyl (C=O) groups excluding carboxylic acids is 2. The van der Waals surface area contributed by atoms with E-state index in [0.29, 0.717) is 22.8 Å². The molecular formula is C17H16O6.